The Hall–Kier alpha value is -0.630. The van der Waals surface area contributed by atoms with E-state index in [9.17, 15) is 8.42 Å². The quantitative estimate of drug-likeness (QED) is 0.822. The van der Waals surface area contributed by atoms with Gasteiger partial charge in [-0.3, -0.25) is 4.68 Å². The highest BCUT2D eigenvalue weighted by Gasteiger charge is 2.23. The molecule has 6 nitrogen and oxygen atoms in total. The molecule has 0 spiro atoms. The third-order valence-electron chi connectivity index (χ3n) is 2.78. The lowest BCUT2D eigenvalue weighted by molar-refractivity contribution is 0.553. The molecule has 2 N–H and O–H groups in total. The van der Waals surface area contributed by atoms with E-state index in [4.69, 9.17) is 0 Å². The predicted octanol–water partition coefficient (Wildman–Crippen LogP) is 0.345. The van der Waals surface area contributed by atoms with Crippen molar-refractivity contribution in [3.8, 4) is 0 Å². The number of nitrogens with one attached hydrogen (secondary N) is 2. The number of hydrogen-bond donors (Lipinski definition) is 2. The fourth-order valence-corrected chi connectivity index (χ4v) is 3.12. The minimum Gasteiger partial charge on any atom is -0.316 e. The monoisotopic (exact) mass is 296 g/mol. The Morgan fingerprint density at radius 2 is 1.94 bits per heavy atom. The summed E-state index contributed by atoms with van der Waals surface area (Å²) in [6, 6.07) is 0.0852. The number of aryl methyl sites for hydroxylation is 2. The fourth-order valence-electron chi connectivity index (χ4n) is 1.55. The minimum atomic E-state index is -3.48. The van der Waals surface area contributed by atoms with Crippen LogP contribution in [-0.2, 0) is 17.1 Å². The van der Waals surface area contributed by atoms with Crippen LogP contribution in [0.2, 0.25) is 0 Å². The van der Waals surface area contributed by atoms with E-state index in [2.05, 4.69) is 15.1 Å². The van der Waals surface area contributed by atoms with Crippen molar-refractivity contribution < 1.29 is 8.42 Å². The third-order valence-corrected chi connectivity index (χ3v) is 4.46. The summed E-state index contributed by atoms with van der Waals surface area (Å²) in [4.78, 5) is 0.281. The fraction of sp³-hybridized carbons (Fsp3) is 0.700. The van der Waals surface area contributed by atoms with Gasteiger partial charge in [0.1, 0.15) is 4.90 Å². The Bertz CT molecular complexity index is 498. The first-order valence-electron chi connectivity index (χ1n) is 5.46. The molecule has 1 rings (SSSR count). The largest absolute Gasteiger partial charge is 0.316 e. The van der Waals surface area contributed by atoms with Crippen molar-refractivity contribution in [3.05, 3.63) is 11.4 Å². The molecule has 106 valence electrons. The van der Waals surface area contributed by atoms with E-state index in [0.717, 1.165) is 0 Å². The molecule has 1 unspecified atom stereocenters. The summed E-state index contributed by atoms with van der Waals surface area (Å²) >= 11 is 0. The zero-order valence-corrected chi connectivity index (χ0v) is 12.9. The van der Waals surface area contributed by atoms with Gasteiger partial charge in [-0.05, 0) is 27.8 Å². The van der Waals surface area contributed by atoms with Crippen LogP contribution in [0, 0.1) is 13.8 Å². The molecule has 1 heterocycles. The van der Waals surface area contributed by atoms with E-state index in [-0.39, 0.29) is 23.3 Å². The molecule has 0 fully saturated rings. The van der Waals surface area contributed by atoms with E-state index in [1.165, 1.54) is 0 Å². The first-order chi connectivity index (χ1) is 7.79. The maximum atomic E-state index is 12.1. The number of halogens is 1. The van der Waals surface area contributed by atoms with E-state index in [0.29, 0.717) is 17.9 Å². The van der Waals surface area contributed by atoms with Gasteiger partial charge < -0.3 is 5.32 Å². The zero-order valence-electron chi connectivity index (χ0n) is 11.3. The van der Waals surface area contributed by atoms with Crippen LogP contribution in [0.5, 0.6) is 0 Å². The van der Waals surface area contributed by atoms with Gasteiger partial charge in [0, 0.05) is 19.6 Å². The summed E-state index contributed by atoms with van der Waals surface area (Å²) in [6.07, 6.45) is 0. The Morgan fingerprint density at radius 1 is 1.39 bits per heavy atom. The van der Waals surface area contributed by atoms with Crippen LogP contribution in [0.25, 0.3) is 0 Å². The molecular weight excluding hydrogens is 276 g/mol. The van der Waals surface area contributed by atoms with Gasteiger partial charge in [0.2, 0.25) is 10.0 Å². The Kier molecular flexibility index (Phi) is 6.28. The SMILES string of the molecule is CNC(C)CNS(=O)(=O)c1c(C)nn(C)c1C.Cl. The van der Waals surface area contributed by atoms with E-state index < -0.39 is 10.0 Å². The number of aromatic nitrogens is 2. The lowest BCUT2D eigenvalue weighted by atomic mass is 10.4. The van der Waals surface area contributed by atoms with Crippen molar-refractivity contribution in [2.75, 3.05) is 13.6 Å². The van der Waals surface area contributed by atoms with Crippen molar-refractivity contribution in [2.24, 2.45) is 7.05 Å². The molecule has 0 saturated carbocycles. The maximum Gasteiger partial charge on any atom is 0.244 e. The van der Waals surface area contributed by atoms with Crippen LogP contribution in [-0.4, -0.2) is 37.8 Å². The summed E-state index contributed by atoms with van der Waals surface area (Å²) in [5.74, 6) is 0. The maximum absolute atomic E-state index is 12.1. The summed E-state index contributed by atoms with van der Waals surface area (Å²) < 4.78 is 28.4. The van der Waals surface area contributed by atoms with Crippen molar-refractivity contribution in [1.29, 1.82) is 0 Å². The van der Waals surface area contributed by atoms with Gasteiger partial charge in [-0.15, -0.1) is 12.4 Å². The van der Waals surface area contributed by atoms with Crippen LogP contribution in [0.1, 0.15) is 18.3 Å². The van der Waals surface area contributed by atoms with Gasteiger partial charge >= 0.3 is 0 Å². The Labute approximate surface area is 115 Å². The number of nitrogens with zero attached hydrogens (tertiary/aromatic N) is 2. The molecule has 0 aliphatic heterocycles. The van der Waals surface area contributed by atoms with Gasteiger partial charge in [-0.2, -0.15) is 5.10 Å². The van der Waals surface area contributed by atoms with Crippen LogP contribution < -0.4 is 10.0 Å². The average Bonchev–Trinajstić information content (AvgIpc) is 2.50. The van der Waals surface area contributed by atoms with E-state index in [1.54, 1.807) is 32.6 Å². The van der Waals surface area contributed by atoms with Gasteiger partial charge in [-0.1, -0.05) is 0 Å². The van der Waals surface area contributed by atoms with E-state index in [1.807, 2.05) is 6.92 Å². The molecular formula is C10H21ClN4O2S. The number of hydrogen-bond acceptors (Lipinski definition) is 4. The highest BCUT2D eigenvalue weighted by atomic mass is 35.5. The standard InChI is InChI=1S/C10H20N4O2S.ClH/c1-7(11-4)6-12-17(15,16)10-8(2)13-14(5)9(10)3;/h7,11-12H,6H2,1-5H3;1H. The van der Waals surface area contributed by atoms with Crippen LogP contribution in [0.15, 0.2) is 4.90 Å². The van der Waals surface area contributed by atoms with Gasteiger partial charge in [0.25, 0.3) is 0 Å². The molecule has 18 heavy (non-hydrogen) atoms. The topological polar surface area (TPSA) is 76.0 Å². The van der Waals surface area contributed by atoms with Crippen LogP contribution in [0.4, 0.5) is 0 Å². The Balaban J connectivity index is 0.00000289. The van der Waals surface area contributed by atoms with Crippen molar-refractivity contribution in [1.82, 2.24) is 19.8 Å². The van der Waals surface area contributed by atoms with E-state index >= 15 is 0 Å². The third kappa shape index (κ3) is 3.68. The second kappa shape index (κ2) is 6.51. The number of sulfonamides is 1. The summed E-state index contributed by atoms with van der Waals surface area (Å²) in [7, 11) is 0.0456. The van der Waals surface area contributed by atoms with Gasteiger partial charge in [0.15, 0.2) is 0 Å². The first kappa shape index (κ1) is 17.4. The van der Waals surface area contributed by atoms with Crippen molar-refractivity contribution in [3.63, 3.8) is 0 Å². The van der Waals surface area contributed by atoms with Crippen LogP contribution >= 0.6 is 12.4 Å². The van der Waals surface area contributed by atoms with Crippen molar-refractivity contribution in [2.45, 2.75) is 31.7 Å². The highest BCUT2D eigenvalue weighted by Crippen LogP contribution is 2.17. The lowest BCUT2D eigenvalue weighted by Crippen LogP contribution is -2.37. The summed E-state index contributed by atoms with van der Waals surface area (Å²) in [5.41, 5.74) is 1.17. The molecule has 0 bridgehead atoms. The minimum absolute atomic E-state index is 0. The Morgan fingerprint density at radius 3 is 2.33 bits per heavy atom. The number of likely N-dealkylation sites (N-methyl/N-ethyl adjacent to an activating group) is 1. The molecule has 0 aromatic carbocycles. The van der Waals surface area contributed by atoms with Gasteiger partial charge in [0.05, 0.1) is 11.4 Å². The smallest absolute Gasteiger partial charge is 0.244 e. The molecule has 0 aliphatic carbocycles. The molecule has 0 aliphatic rings. The van der Waals surface area contributed by atoms with Crippen molar-refractivity contribution >= 4 is 22.4 Å². The number of rotatable bonds is 5. The first-order valence-corrected chi connectivity index (χ1v) is 6.95. The summed E-state index contributed by atoms with van der Waals surface area (Å²) in [5, 5.41) is 7.08. The molecule has 0 amide bonds. The predicted molar refractivity (Wildman–Crippen MR) is 73.6 cm³/mol. The molecule has 1 atom stereocenters. The molecule has 1 aromatic rings. The zero-order chi connectivity index (χ0) is 13.2. The van der Waals surface area contributed by atoms with Gasteiger partial charge in [-0.25, -0.2) is 13.1 Å². The molecule has 0 saturated heterocycles. The average molecular weight is 297 g/mol. The normalized spacial score (nSPS) is 13.2. The molecule has 0 radical (unpaired) electrons. The lowest BCUT2D eigenvalue weighted by Gasteiger charge is -2.12. The second-order valence-corrected chi connectivity index (χ2v) is 5.87. The molecule has 1 aromatic heterocycles. The highest BCUT2D eigenvalue weighted by molar-refractivity contribution is 7.89. The molecule has 8 heteroatoms. The summed E-state index contributed by atoms with van der Waals surface area (Å²) in [6.45, 7) is 5.71. The van der Waals surface area contributed by atoms with Crippen LogP contribution in [0.3, 0.4) is 0 Å². The second-order valence-electron chi connectivity index (χ2n) is 4.17.